The van der Waals surface area contributed by atoms with Crippen molar-refractivity contribution in [3.63, 3.8) is 0 Å². The summed E-state index contributed by atoms with van der Waals surface area (Å²) in [6, 6.07) is 14.9. The number of nitrogens with one attached hydrogen (secondary N) is 1. The zero-order chi connectivity index (χ0) is 19.9. The van der Waals surface area contributed by atoms with E-state index < -0.39 is 0 Å². The highest BCUT2D eigenvalue weighted by molar-refractivity contribution is 7.99. The lowest BCUT2D eigenvalue weighted by Crippen LogP contribution is -2.28. The fourth-order valence-electron chi connectivity index (χ4n) is 2.49. The van der Waals surface area contributed by atoms with Crippen LogP contribution < -0.4 is 5.32 Å². The van der Waals surface area contributed by atoms with Crippen LogP contribution in [-0.2, 0) is 9.53 Å². The largest absolute Gasteiger partial charge is 0.383 e. The molecule has 9 heteroatoms. The third-order valence-corrected chi connectivity index (χ3v) is 5.26. The van der Waals surface area contributed by atoms with E-state index >= 15 is 0 Å². The summed E-state index contributed by atoms with van der Waals surface area (Å²) in [6.45, 7) is 0.933. The van der Waals surface area contributed by atoms with E-state index in [9.17, 15) is 4.79 Å². The molecule has 6 nitrogen and oxygen atoms in total. The van der Waals surface area contributed by atoms with Gasteiger partial charge in [-0.05, 0) is 30.3 Å². The van der Waals surface area contributed by atoms with Crippen LogP contribution in [0.25, 0.3) is 17.1 Å². The molecule has 1 N–H and O–H groups in total. The molecular weight excluding hydrogens is 419 g/mol. The number of carbonyl (C=O) groups is 1. The first-order valence-electron chi connectivity index (χ1n) is 8.45. The first-order valence-corrected chi connectivity index (χ1v) is 10.2. The Kier molecular flexibility index (Phi) is 7.33. The Balaban J connectivity index is 1.91. The molecule has 1 aromatic heterocycles. The number of hydrogen-bond donors (Lipinski definition) is 1. The van der Waals surface area contributed by atoms with Gasteiger partial charge in [-0.1, -0.05) is 53.2 Å². The summed E-state index contributed by atoms with van der Waals surface area (Å²) in [4.78, 5) is 12.0. The molecule has 28 heavy (non-hydrogen) atoms. The number of rotatable bonds is 8. The van der Waals surface area contributed by atoms with Crippen LogP contribution in [0, 0.1) is 0 Å². The van der Waals surface area contributed by atoms with E-state index in [0.717, 1.165) is 5.69 Å². The van der Waals surface area contributed by atoms with E-state index in [0.29, 0.717) is 39.7 Å². The minimum absolute atomic E-state index is 0.101. The summed E-state index contributed by atoms with van der Waals surface area (Å²) in [5.74, 6) is 0.689. The number of thioether (sulfide) groups is 1. The standard InChI is InChI=1S/C19H18Cl2N4O2S/c1-27-10-9-22-17(26)12-28-19-24-23-18(15-8-7-13(20)11-16(15)21)25(19)14-5-3-2-4-6-14/h2-8,11H,9-10,12H2,1H3,(H,22,26). The average Bonchev–Trinajstić information content (AvgIpc) is 3.11. The van der Waals surface area contributed by atoms with Gasteiger partial charge >= 0.3 is 0 Å². The molecule has 0 fully saturated rings. The van der Waals surface area contributed by atoms with Crippen LogP contribution in [0.5, 0.6) is 0 Å². The van der Waals surface area contributed by atoms with Crippen molar-refractivity contribution >= 4 is 40.9 Å². The van der Waals surface area contributed by atoms with E-state index in [4.69, 9.17) is 27.9 Å². The number of hydrogen-bond acceptors (Lipinski definition) is 5. The molecule has 1 heterocycles. The molecule has 0 aliphatic heterocycles. The second kappa shape index (κ2) is 9.93. The van der Waals surface area contributed by atoms with Crippen molar-refractivity contribution in [2.24, 2.45) is 0 Å². The molecule has 1 amide bonds. The number of nitrogens with zero attached hydrogens (tertiary/aromatic N) is 3. The molecule has 0 aliphatic rings. The van der Waals surface area contributed by atoms with Crippen LogP contribution in [0.1, 0.15) is 0 Å². The maximum absolute atomic E-state index is 12.0. The maximum Gasteiger partial charge on any atom is 0.230 e. The van der Waals surface area contributed by atoms with Gasteiger partial charge in [0, 0.05) is 29.9 Å². The lowest BCUT2D eigenvalue weighted by atomic mass is 10.2. The third-order valence-electron chi connectivity index (χ3n) is 3.78. The second-order valence-electron chi connectivity index (χ2n) is 5.73. The van der Waals surface area contributed by atoms with Crippen molar-refractivity contribution in [3.8, 4) is 17.1 Å². The summed E-state index contributed by atoms with van der Waals surface area (Å²) in [5.41, 5.74) is 1.58. The predicted octanol–water partition coefficient (Wildman–Crippen LogP) is 4.10. The number of benzene rings is 2. The SMILES string of the molecule is COCCNC(=O)CSc1nnc(-c2ccc(Cl)cc2Cl)n1-c1ccccc1. The van der Waals surface area contributed by atoms with E-state index in [1.54, 1.807) is 25.3 Å². The van der Waals surface area contributed by atoms with E-state index in [1.807, 2.05) is 34.9 Å². The number of carbonyl (C=O) groups excluding carboxylic acids is 1. The average molecular weight is 437 g/mol. The maximum atomic E-state index is 12.0. The van der Waals surface area contributed by atoms with Gasteiger partial charge in [-0.2, -0.15) is 0 Å². The molecule has 0 unspecified atom stereocenters. The molecule has 0 radical (unpaired) electrons. The number of halogens is 2. The van der Waals surface area contributed by atoms with Gasteiger partial charge in [-0.25, -0.2) is 0 Å². The Morgan fingerprint density at radius 1 is 1.18 bits per heavy atom. The number of ether oxygens (including phenoxy) is 1. The predicted molar refractivity (Wildman–Crippen MR) is 112 cm³/mol. The molecule has 0 spiro atoms. The van der Waals surface area contributed by atoms with Crippen molar-refractivity contribution in [3.05, 3.63) is 58.6 Å². The van der Waals surface area contributed by atoms with Gasteiger partial charge < -0.3 is 10.1 Å². The highest BCUT2D eigenvalue weighted by Crippen LogP contribution is 2.33. The molecule has 0 saturated carbocycles. The monoisotopic (exact) mass is 436 g/mol. The number of amides is 1. The molecule has 0 atom stereocenters. The third kappa shape index (κ3) is 5.05. The van der Waals surface area contributed by atoms with Crippen LogP contribution in [0.2, 0.25) is 10.0 Å². The fourth-order valence-corrected chi connectivity index (χ4v) is 3.77. The van der Waals surface area contributed by atoms with Gasteiger partial charge in [-0.3, -0.25) is 9.36 Å². The molecule has 0 aliphatic carbocycles. The van der Waals surface area contributed by atoms with E-state index in [-0.39, 0.29) is 11.7 Å². The minimum atomic E-state index is -0.101. The van der Waals surface area contributed by atoms with Gasteiger partial charge in [-0.15, -0.1) is 10.2 Å². The topological polar surface area (TPSA) is 69.0 Å². The summed E-state index contributed by atoms with van der Waals surface area (Å²) >= 11 is 13.7. The van der Waals surface area contributed by atoms with Crippen LogP contribution in [0.15, 0.2) is 53.7 Å². The summed E-state index contributed by atoms with van der Waals surface area (Å²) in [5, 5.41) is 13.0. The molecule has 3 rings (SSSR count). The molecule has 146 valence electrons. The van der Waals surface area contributed by atoms with E-state index in [1.165, 1.54) is 11.8 Å². The Bertz CT molecular complexity index is 950. The second-order valence-corrected chi connectivity index (χ2v) is 7.52. The van der Waals surface area contributed by atoms with Crippen LogP contribution in [0.3, 0.4) is 0 Å². The molecule has 0 saturated heterocycles. The smallest absolute Gasteiger partial charge is 0.230 e. The fraction of sp³-hybridized carbons (Fsp3) is 0.211. The number of methoxy groups -OCH3 is 1. The zero-order valence-corrected chi connectivity index (χ0v) is 17.4. The highest BCUT2D eigenvalue weighted by Gasteiger charge is 2.19. The Labute approximate surface area is 177 Å². The van der Waals surface area contributed by atoms with Gasteiger partial charge in [0.1, 0.15) is 0 Å². The van der Waals surface area contributed by atoms with Crippen LogP contribution in [-0.4, -0.2) is 46.7 Å². The Morgan fingerprint density at radius 2 is 1.96 bits per heavy atom. The van der Waals surface area contributed by atoms with Crippen molar-refractivity contribution in [1.29, 1.82) is 0 Å². The molecule has 0 bridgehead atoms. The number of aromatic nitrogens is 3. The van der Waals surface area contributed by atoms with Gasteiger partial charge in [0.25, 0.3) is 0 Å². The normalized spacial score (nSPS) is 10.8. The van der Waals surface area contributed by atoms with Crippen LogP contribution >= 0.6 is 35.0 Å². The van der Waals surface area contributed by atoms with Crippen molar-refractivity contribution in [2.45, 2.75) is 5.16 Å². The zero-order valence-electron chi connectivity index (χ0n) is 15.1. The molecule has 3 aromatic rings. The summed E-state index contributed by atoms with van der Waals surface area (Å²) < 4.78 is 6.81. The summed E-state index contributed by atoms with van der Waals surface area (Å²) in [6.07, 6.45) is 0. The Hall–Kier alpha value is -2.06. The van der Waals surface area contributed by atoms with Gasteiger partial charge in [0.05, 0.1) is 17.4 Å². The van der Waals surface area contributed by atoms with E-state index in [2.05, 4.69) is 15.5 Å². The first-order chi connectivity index (χ1) is 13.6. The minimum Gasteiger partial charge on any atom is -0.383 e. The first kappa shape index (κ1) is 20.7. The van der Waals surface area contributed by atoms with Crippen molar-refractivity contribution in [1.82, 2.24) is 20.1 Å². The van der Waals surface area contributed by atoms with Crippen LogP contribution in [0.4, 0.5) is 0 Å². The van der Waals surface area contributed by atoms with Crippen molar-refractivity contribution in [2.75, 3.05) is 26.0 Å². The quantitative estimate of drug-likeness (QED) is 0.425. The van der Waals surface area contributed by atoms with Crippen molar-refractivity contribution < 1.29 is 9.53 Å². The number of para-hydroxylation sites is 1. The molecule has 2 aromatic carbocycles. The summed E-state index contributed by atoms with van der Waals surface area (Å²) in [7, 11) is 1.59. The van der Waals surface area contributed by atoms with Gasteiger partial charge in [0.15, 0.2) is 11.0 Å². The van der Waals surface area contributed by atoms with Gasteiger partial charge in [0.2, 0.25) is 5.91 Å². The lowest BCUT2D eigenvalue weighted by molar-refractivity contribution is -0.118. The highest BCUT2D eigenvalue weighted by atomic mass is 35.5. The molecular formula is C19H18Cl2N4O2S. The Morgan fingerprint density at radius 3 is 2.68 bits per heavy atom. The lowest BCUT2D eigenvalue weighted by Gasteiger charge is -2.11.